The van der Waals surface area contributed by atoms with Gasteiger partial charge in [-0.15, -0.1) is 0 Å². The van der Waals surface area contributed by atoms with Crippen molar-refractivity contribution in [3.63, 3.8) is 0 Å². The highest BCUT2D eigenvalue weighted by Crippen LogP contribution is 2.43. The van der Waals surface area contributed by atoms with Crippen LogP contribution in [0, 0.1) is 17.0 Å². The van der Waals surface area contributed by atoms with E-state index in [9.17, 15) is 9.90 Å². The number of benzene rings is 3. The summed E-state index contributed by atoms with van der Waals surface area (Å²) in [7, 11) is 1.75. The van der Waals surface area contributed by atoms with Gasteiger partial charge >= 0.3 is 5.97 Å². The zero-order chi connectivity index (χ0) is 34.2. The molecule has 0 fully saturated rings. The highest BCUT2D eigenvalue weighted by Gasteiger charge is 2.35. The SMILES string of the molecule is Cn1nc2nc1-c1cc(c(N)cc1F)Sc1c(F)cc3[nH]ccc3c1CCSCC(C)(C)CCC[C@]2(C)c1cccc(CCC(=O)O)c1. The van der Waals surface area contributed by atoms with E-state index in [0.717, 1.165) is 58.4 Å². The average molecular weight is 690 g/mol. The predicted octanol–water partition coefficient (Wildman–Crippen LogP) is 8.78. The molecule has 7 nitrogen and oxygen atoms in total. The number of H-pyrrole nitrogens is 1. The average Bonchev–Trinajstić information content (AvgIpc) is 3.66. The van der Waals surface area contributed by atoms with Gasteiger partial charge in [0.25, 0.3) is 0 Å². The van der Waals surface area contributed by atoms with Crippen LogP contribution in [-0.2, 0) is 30.1 Å². The van der Waals surface area contributed by atoms with Crippen LogP contribution in [0.2, 0.25) is 0 Å². The number of nitrogens with one attached hydrogen (secondary N) is 1. The standard InChI is InChI=1S/C37H41F2N5O2S2/c1-36(2)13-6-14-37(3,23-8-5-7-22(17-23)9-10-32(45)46)35-42-34(44(4)43-35)26-18-31(29(40)19-27(26)38)48-33-25(12-16-47-21-36)24-11-15-41-30(24)20-28(33)39/h5,7-8,11,15,17-20,41H,6,9-10,12-14,16,21,40H2,1-4H3,(H,45,46)/t37-/m1/s1. The van der Waals surface area contributed by atoms with Crippen LogP contribution in [0.25, 0.3) is 22.3 Å². The molecule has 0 aliphatic carbocycles. The molecule has 0 unspecified atom stereocenters. The highest BCUT2D eigenvalue weighted by atomic mass is 32.2. The summed E-state index contributed by atoms with van der Waals surface area (Å²) >= 11 is 3.09. The molecule has 0 radical (unpaired) electrons. The number of fused-ring (bicyclic) bond motifs is 8. The molecule has 0 amide bonds. The van der Waals surface area contributed by atoms with E-state index in [1.54, 1.807) is 17.8 Å². The van der Waals surface area contributed by atoms with E-state index >= 15 is 8.78 Å². The van der Waals surface area contributed by atoms with E-state index in [2.05, 4.69) is 31.8 Å². The molecule has 5 aromatic rings. The summed E-state index contributed by atoms with van der Waals surface area (Å²) in [6.07, 6.45) is 5.56. The lowest BCUT2D eigenvalue weighted by atomic mass is 9.75. The van der Waals surface area contributed by atoms with Crippen LogP contribution in [0.1, 0.15) is 69.0 Å². The van der Waals surface area contributed by atoms with Crippen LogP contribution in [0.3, 0.4) is 0 Å². The van der Waals surface area contributed by atoms with Crippen molar-refractivity contribution >= 4 is 46.1 Å². The van der Waals surface area contributed by atoms with Gasteiger partial charge in [-0.2, -0.15) is 16.9 Å². The molecule has 1 aliphatic heterocycles. The summed E-state index contributed by atoms with van der Waals surface area (Å²) in [6, 6.07) is 14.4. The summed E-state index contributed by atoms with van der Waals surface area (Å²) in [5.74, 6) is 0.943. The van der Waals surface area contributed by atoms with Crippen molar-refractivity contribution in [2.45, 2.75) is 74.5 Å². The van der Waals surface area contributed by atoms with Crippen LogP contribution in [0.5, 0.6) is 0 Å². The monoisotopic (exact) mass is 689 g/mol. The molecule has 11 heteroatoms. The summed E-state index contributed by atoms with van der Waals surface area (Å²) < 4.78 is 33.1. The molecule has 0 saturated heterocycles. The third kappa shape index (κ3) is 6.98. The van der Waals surface area contributed by atoms with Gasteiger partial charge in [0.2, 0.25) is 0 Å². The molecule has 4 bridgehead atoms. The second-order valence-electron chi connectivity index (χ2n) is 13.7. The second kappa shape index (κ2) is 13.6. The van der Waals surface area contributed by atoms with Crippen molar-refractivity contribution in [1.82, 2.24) is 19.7 Å². The number of rotatable bonds is 4. The lowest BCUT2D eigenvalue weighted by molar-refractivity contribution is -0.136. The zero-order valence-corrected chi connectivity index (χ0v) is 29.3. The number of nitrogens with zero attached hydrogens (tertiary/aromatic N) is 3. The maximum absolute atomic E-state index is 15.8. The summed E-state index contributed by atoms with van der Waals surface area (Å²) in [6.45, 7) is 6.68. The molecule has 3 aromatic carbocycles. The Morgan fingerprint density at radius 3 is 2.71 bits per heavy atom. The topological polar surface area (TPSA) is 110 Å². The number of aryl methyl sites for hydroxylation is 3. The van der Waals surface area contributed by atoms with Crippen molar-refractivity contribution in [1.29, 1.82) is 0 Å². The number of anilines is 1. The van der Waals surface area contributed by atoms with Gasteiger partial charge in [-0.05, 0) is 90.5 Å². The lowest BCUT2D eigenvalue weighted by Crippen LogP contribution is -2.27. The minimum Gasteiger partial charge on any atom is -0.481 e. The van der Waals surface area contributed by atoms with Crippen molar-refractivity contribution in [3.05, 3.63) is 88.9 Å². The van der Waals surface area contributed by atoms with Gasteiger partial charge in [0.15, 0.2) is 11.6 Å². The molecular formula is C37H41F2N5O2S2. The van der Waals surface area contributed by atoms with E-state index in [1.807, 2.05) is 42.2 Å². The Morgan fingerprint density at radius 1 is 1.10 bits per heavy atom. The molecule has 1 atom stereocenters. The molecule has 2 aromatic heterocycles. The Morgan fingerprint density at radius 2 is 1.92 bits per heavy atom. The molecule has 0 spiro atoms. The molecule has 252 valence electrons. The molecule has 0 saturated carbocycles. The van der Waals surface area contributed by atoms with Gasteiger partial charge in [0.05, 0.1) is 15.9 Å². The Balaban J connectivity index is 1.48. The van der Waals surface area contributed by atoms with E-state index < -0.39 is 17.2 Å². The Kier molecular flexibility index (Phi) is 9.64. The number of nitrogens with two attached hydrogens (primary N) is 1. The van der Waals surface area contributed by atoms with Crippen molar-refractivity contribution in [3.8, 4) is 11.4 Å². The first-order chi connectivity index (χ1) is 22.8. The molecular weight excluding hydrogens is 649 g/mol. The van der Waals surface area contributed by atoms with Crippen LogP contribution in [0.4, 0.5) is 14.5 Å². The Labute approximate surface area is 288 Å². The number of hydrogen-bond acceptors (Lipinski definition) is 6. The van der Waals surface area contributed by atoms with E-state index in [1.165, 1.54) is 23.9 Å². The summed E-state index contributed by atoms with van der Waals surface area (Å²) in [4.78, 5) is 20.5. The van der Waals surface area contributed by atoms with Crippen LogP contribution >= 0.6 is 23.5 Å². The largest absolute Gasteiger partial charge is 0.481 e. The third-order valence-electron chi connectivity index (χ3n) is 9.39. The van der Waals surface area contributed by atoms with Crippen molar-refractivity contribution in [2.24, 2.45) is 12.5 Å². The lowest BCUT2D eigenvalue weighted by Gasteiger charge is -2.30. The van der Waals surface area contributed by atoms with E-state index in [0.29, 0.717) is 34.3 Å². The highest BCUT2D eigenvalue weighted by molar-refractivity contribution is 7.99. The smallest absolute Gasteiger partial charge is 0.303 e. The fraction of sp³-hybridized carbons (Fsp3) is 0.378. The quantitative estimate of drug-likeness (QED) is 0.162. The number of aromatic amines is 1. The number of thioether (sulfide) groups is 1. The molecule has 48 heavy (non-hydrogen) atoms. The molecule has 4 N–H and O–H groups in total. The van der Waals surface area contributed by atoms with Gasteiger partial charge in [0, 0.05) is 41.2 Å². The number of hydrogen-bond donors (Lipinski definition) is 3. The van der Waals surface area contributed by atoms with Crippen LogP contribution < -0.4 is 5.73 Å². The minimum absolute atomic E-state index is 0.0409. The van der Waals surface area contributed by atoms with Gasteiger partial charge in [-0.1, -0.05) is 56.3 Å². The number of carboxylic acids is 1. The normalized spacial score (nSPS) is 18.6. The predicted molar refractivity (Wildman–Crippen MR) is 191 cm³/mol. The number of aromatic nitrogens is 4. The van der Waals surface area contributed by atoms with Gasteiger partial charge < -0.3 is 15.8 Å². The maximum Gasteiger partial charge on any atom is 0.303 e. The van der Waals surface area contributed by atoms with Gasteiger partial charge in [-0.25, -0.2) is 18.4 Å². The van der Waals surface area contributed by atoms with E-state index in [4.69, 9.17) is 15.8 Å². The number of aliphatic carboxylic acids is 1. The van der Waals surface area contributed by atoms with Crippen molar-refractivity contribution in [2.75, 3.05) is 17.2 Å². The van der Waals surface area contributed by atoms with Gasteiger partial charge in [0.1, 0.15) is 11.6 Å². The third-order valence-corrected chi connectivity index (χ3v) is 12.1. The minimum atomic E-state index is -0.842. The van der Waals surface area contributed by atoms with Crippen LogP contribution in [0.15, 0.2) is 64.5 Å². The molecule has 6 rings (SSSR count). The number of halogens is 2. The van der Waals surface area contributed by atoms with E-state index in [-0.39, 0.29) is 28.9 Å². The number of carbonyl (C=O) groups is 1. The first kappa shape index (κ1) is 34.0. The molecule has 1 aliphatic rings. The van der Waals surface area contributed by atoms with Crippen LogP contribution in [-0.4, -0.2) is 42.3 Å². The first-order valence-corrected chi connectivity index (χ1v) is 18.2. The fourth-order valence-corrected chi connectivity index (χ4v) is 8.85. The zero-order valence-electron chi connectivity index (χ0n) is 27.7. The Hall–Kier alpha value is -3.83. The maximum atomic E-state index is 15.8. The Bertz CT molecular complexity index is 1990. The van der Waals surface area contributed by atoms with Crippen molar-refractivity contribution < 1.29 is 18.7 Å². The molecule has 3 heterocycles. The number of carboxylic acid groups (broad SMARTS) is 1. The summed E-state index contributed by atoms with van der Waals surface area (Å²) in [5, 5.41) is 15.1. The second-order valence-corrected chi connectivity index (χ2v) is 15.9. The van der Waals surface area contributed by atoms with Gasteiger partial charge in [-0.3, -0.25) is 4.79 Å². The fourth-order valence-electron chi connectivity index (χ4n) is 6.60. The number of nitrogen functional groups attached to an aromatic ring is 1. The first-order valence-electron chi connectivity index (χ1n) is 16.2. The summed E-state index contributed by atoms with van der Waals surface area (Å²) in [5.41, 5.74) is 9.82.